The second-order valence-corrected chi connectivity index (χ2v) is 20.4. The summed E-state index contributed by atoms with van der Waals surface area (Å²) in [5, 5.41) is 0. The third-order valence-electron chi connectivity index (χ3n) is 13.0. The van der Waals surface area contributed by atoms with Gasteiger partial charge in [0.25, 0.3) is 0 Å². The zero-order chi connectivity index (χ0) is 45.6. The first-order valence-electron chi connectivity index (χ1n) is 27.6. The van der Waals surface area contributed by atoms with Crippen molar-refractivity contribution in [3.05, 3.63) is 0 Å². The zero-order valence-electron chi connectivity index (χ0n) is 42.7. The molecule has 2 atom stereocenters. The predicted molar refractivity (Wildman–Crippen MR) is 266 cm³/mol. The molecule has 0 fully saturated rings. The van der Waals surface area contributed by atoms with Crippen molar-refractivity contribution < 1.29 is 28.6 Å². The van der Waals surface area contributed by atoms with Gasteiger partial charge in [-0.1, -0.05) is 266 Å². The minimum Gasteiger partial charge on any atom is -0.462 e. The summed E-state index contributed by atoms with van der Waals surface area (Å²) in [6.07, 6.45) is 48.0. The second-order valence-electron chi connectivity index (χ2n) is 20.4. The predicted octanol–water partition coefficient (Wildman–Crippen LogP) is 17.9. The Morgan fingerprint density at radius 3 is 0.839 bits per heavy atom. The van der Waals surface area contributed by atoms with E-state index in [4.69, 9.17) is 14.2 Å². The van der Waals surface area contributed by atoms with Gasteiger partial charge in [0.05, 0.1) is 0 Å². The van der Waals surface area contributed by atoms with Crippen LogP contribution in [0.4, 0.5) is 0 Å². The summed E-state index contributed by atoms with van der Waals surface area (Å²) in [5.41, 5.74) is 0. The average Bonchev–Trinajstić information content (AvgIpc) is 3.24. The van der Waals surface area contributed by atoms with E-state index >= 15 is 0 Å². The number of esters is 3. The van der Waals surface area contributed by atoms with Gasteiger partial charge in [-0.2, -0.15) is 0 Å². The van der Waals surface area contributed by atoms with Gasteiger partial charge in [0.15, 0.2) is 6.10 Å². The molecule has 0 aromatic rings. The van der Waals surface area contributed by atoms with Crippen molar-refractivity contribution in [2.75, 3.05) is 13.2 Å². The van der Waals surface area contributed by atoms with Gasteiger partial charge in [0, 0.05) is 19.3 Å². The molecule has 0 aliphatic heterocycles. The Morgan fingerprint density at radius 2 is 0.565 bits per heavy atom. The number of unbranched alkanes of at least 4 members (excludes halogenated alkanes) is 31. The van der Waals surface area contributed by atoms with Crippen molar-refractivity contribution in [1.29, 1.82) is 0 Å². The van der Waals surface area contributed by atoms with E-state index in [0.717, 1.165) is 75.5 Å². The molecule has 0 saturated carbocycles. The average molecular weight is 877 g/mol. The quantitative estimate of drug-likeness (QED) is 0.0344. The van der Waals surface area contributed by atoms with Gasteiger partial charge in [0.2, 0.25) is 0 Å². The Morgan fingerprint density at radius 1 is 0.323 bits per heavy atom. The molecule has 62 heavy (non-hydrogen) atoms. The molecule has 1 unspecified atom stereocenters. The fourth-order valence-corrected chi connectivity index (χ4v) is 8.44. The topological polar surface area (TPSA) is 78.9 Å². The molecule has 0 bridgehead atoms. The van der Waals surface area contributed by atoms with E-state index in [1.54, 1.807) is 0 Å². The molecule has 0 radical (unpaired) electrons. The summed E-state index contributed by atoms with van der Waals surface area (Å²) in [7, 11) is 0. The molecule has 0 aliphatic rings. The molecule has 368 valence electrons. The van der Waals surface area contributed by atoms with Crippen LogP contribution >= 0.6 is 0 Å². The largest absolute Gasteiger partial charge is 0.462 e. The van der Waals surface area contributed by atoms with E-state index in [-0.39, 0.29) is 31.1 Å². The zero-order valence-corrected chi connectivity index (χ0v) is 42.7. The summed E-state index contributed by atoms with van der Waals surface area (Å²) in [6.45, 7) is 13.8. The van der Waals surface area contributed by atoms with E-state index in [9.17, 15) is 14.4 Å². The van der Waals surface area contributed by atoms with Gasteiger partial charge in [-0.15, -0.1) is 0 Å². The standard InChI is InChI=1S/C56H108O6/c1-7-52(6)44-38-32-26-20-14-10-8-9-11-15-21-27-33-39-45-54(57)60-48-53(49-61-55(58)46-40-34-28-23-17-19-25-31-37-43-51(4)5)62-56(59)47-41-35-29-22-16-12-13-18-24-30-36-42-50(2)3/h50-53H,7-49H2,1-6H3/t52?,53-/m1/s1. The summed E-state index contributed by atoms with van der Waals surface area (Å²) in [5.74, 6) is 1.68. The molecular formula is C56H108O6. The van der Waals surface area contributed by atoms with Crippen LogP contribution in [0.3, 0.4) is 0 Å². The molecule has 0 heterocycles. The van der Waals surface area contributed by atoms with Gasteiger partial charge < -0.3 is 14.2 Å². The van der Waals surface area contributed by atoms with Crippen molar-refractivity contribution in [3.8, 4) is 0 Å². The first-order chi connectivity index (χ1) is 30.1. The maximum absolute atomic E-state index is 12.8. The van der Waals surface area contributed by atoms with E-state index in [2.05, 4.69) is 41.5 Å². The lowest BCUT2D eigenvalue weighted by atomic mass is 9.99. The second kappa shape index (κ2) is 47.4. The highest BCUT2D eigenvalue weighted by atomic mass is 16.6. The van der Waals surface area contributed by atoms with Gasteiger partial charge in [-0.25, -0.2) is 0 Å². The van der Waals surface area contributed by atoms with Gasteiger partial charge in [-0.05, 0) is 37.0 Å². The number of hydrogen-bond donors (Lipinski definition) is 0. The summed E-state index contributed by atoms with van der Waals surface area (Å²) in [6, 6.07) is 0. The van der Waals surface area contributed by atoms with E-state index in [1.807, 2.05) is 0 Å². The lowest BCUT2D eigenvalue weighted by Gasteiger charge is -2.18. The molecule has 0 saturated heterocycles. The van der Waals surface area contributed by atoms with Crippen LogP contribution in [0.25, 0.3) is 0 Å². The fourth-order valence-electron chi connectivity index (χ4n) is 8.44. The summed E-state index contributed by atoms with van der Waals surface area (Å²) < 4.78 is 16.9. The minimum atomic E-state index is -0.763. The van der Waals surface area contributed by atoms with Gasteiger partial charge in [0.1, 0.15) is 13.2 Å². The molecule has 0 aliphatic carbocycles. The van der Waals surface area contributed by atoms with Gasteiger partial charge in [-0.3, -0.25) is 14.4 Å². The first-order valence-corrected chi connectivity index (χ1v) is 27.6. The fraction of sp³-hybridized carbons (Fsp3) is 0.946. The summed E-state index contributed by atoms with van der Waals surface area (Å²) in [4.78, 5) is 38.0. The van der Waals surface area contributed by atoms with Crippen LogP contribution in [-0.2, 0) is 28.6 Å². The highest BCUT2D eigenvalue weighted by molar-refractivity contribution is 5.71. The first kappa shape index (κ1) is 60.4. The SMILES string of the molecule is CCC(C)CCCCCCCCCCCCCCCCC(=O)OC[C@H](COC(=O)CCCCCCCCCCCC(C)C)OC(=O)CCCCCCCCCCCCCC(C)C. The van der Waals surface area contributed by atoms with Crippen molar-refractivity contribution in [1.82, 2.24) is 0 Å². The Labute approximate surface area is 387 Å². The summed E-state index contributed by atoms with van der Waals surface area (Å²) >= 11 is 0. The third kappa shape index (κ3) is 47.9. The van der Waals surface area contributed by atoms with Crippen LogP contribution in [0, 0.1) is 17.8 Å². The Bertz CT molecular complexity index is 962. The smallest absolute Gasteiger partial charge is 0.306 e. The maximum Gasteiger partial charge on any atom is 0.306 e. The molecule has 0 aromatic carbocycles. The van der Waals surface area contributed by atoms with Crippen LogP contribution in [0.15, 0.2) is 0 Å². The molecule has 0 rings (SSSR count). The van der Waals surface area contributed by atoms with Crippen molar-refractivity contribution in [2.45, 2.75) is 311 Å². The van der Waals surface area contributed by atoms with E-state index < -0.39 is 6.10 Å². The van der Waals surface area contributed by atoms with Crippen LogP contribution in [-0.4, -0.2) is 37.2 Å². The molecule has 0 spiro atoms. The minimum absolute atomic E-state index is 0.0642. The molecule has 0 aromatic heterocycles. The van der Waals surface area contributed by atoms with Crippen molar-refractivity contribution in [3.63, 3.8) is 0 Å². The highest BCUT2D eigenvalue weighted by Gasteiger charge is 2.19. The Hall–Kier alpha value is -1.59. The van der Waals surface area contributed by atoms with Gasteiger partial charge >= 0.3 is 17.9 Å². The lowest BCUT2D eigenvalue weighted by molar-refractivity contribution is -0.167. The number of rotatable bonds is 49. The normalized spacial score (nSPS) is 12.6. The van der Waals surface area contributed by atoms with Crippen LogP contribution < -0.4 is 0 Å². The number of ether oxygens (including phenoxy) is 3. The highest BCUT2D eigenvalue weighted by Crippen LogP contribution is 2.18. The molecular weight excluding hydrogens is 769 g/mol. The van der Waals surface area contributed by atoms with E-state index in [1.165, 1.54) is 186 Å². The number of carbonyl (C=O) groups excluding carboxylic acids is 3. The van der Waals surface area contributed by atoms with Crippen LogP contribution in [0.5, 0.6) is 0 Å². The lowest BCUT2D eigenvalue weighted by Crippen LogP contribution is -2.30. The third-order valence-corrected chi connectivity index (χ3v) is 13.0. The molecule has 0 amide bonds. The van der Waals surface area contributed by atoms with Crippen LogP contribution in [0.1, 0.15) is 305 Å². The molecule has 6 nitrogen and oxygen atoms in total. The van der Waals surface area contributed by atoms with Crippen molar-refractivity contribution >= 4 is 17.9 Å². The van der Waals surface area contributed by atoms with Crippen LogP contribution in [0.2, 0.25) is 0 Å². The molecule has 6 heteroatoms. The Kier molecular flexibility index (Phi) is 46.2. The maximum atomic E-state index is 12.8. The monoisotopic (exact) mass is 877 g/mol. The molecule has 0 N–H and O–H groups in total. The number of carbonyl (C=O) groups is 3. The Balaban J connectivity index is 4.29. The van der Waals surface area contributed by atoms with Crippen molar-refractivity contribution in [2.24, 2.45) is 17.8 Å². The number of hydrogen-bond acceptors (Lipinski definition) is 6. The van der Waals surface area contributed by atoms with E-state index in [0.29, 0.717) is 19.3 Å².